The van der Waals surface area contributed by atoms with E-state index >= 15 is 0 Å². The van der Waals surface area contributed by atoms with Gasteiger partial charge in [0.15, 0.2) is 0 Å². The van der Waals surface area contributed by atoms with Crippen molar-refractivity contribution in [2.75, 3.05) is 0 Å². The van der Waals surface area contributed by atoms with E-state index in [0.29, 0.717) is 15.8 Å². The molecule has 0 unspecified atom stereocenters. The van der Waals surface area contributed by atoms with Crippen LogP contribution in [-0.4, -0.2) is 27.1 Å². The van der Waals surface area contributed by atoms with E-state index < -0.39 is 50.7 Å². The van der Waals surface area contributed by atoms with E-state index in [0.717, 1.165) is 5.56 Å². The van der Waals surface area contributed by atoms with Crippen molar-refractivity contribution in [3.8, 4) is 11.3 Å². The fourth-order valence-electron chi connectivity index (χ4n) is 10.9. The number of hydrogen-bond acceptors (Lipinski definition) is 4. The summed E-state index contributed by atoms with van der Waals surface area (Å²) in [7, 11) is -3.13. The van der Waals surface area contributed by atoms with Gasteiger partial charge in [-0.15, -0.1) is 0 Å². The molecule has 13 heteroatoms. The third-order valence-corrected chi connectivity index (χ3v) is 26.0. The average molecular weight is 1630 g/mol. The van der Waals surface area contributed by atoms with E-state index in [9.17, 15) is 8.78 Å². The fourth-order valence-corrected chi connectivity index (χ4v) is 20.4. The molecule has 16 rings (SSSR count). The van der Waals surface area contributed by atoms with Gasteiger partial charge in [-0.2, -0.15) is 8.78 Å². The largest absolute Gasteiger partial charge is 0.488 e. The number of hydrogen-bond donors (Lipinski definition) is 2. The first-order valence-electron chi connectivity index (χ1n) is 34.4. The van der Waals surface area contributed by atoms with Gasteiger partial charge in [-0.3, -0.25) is 0 Å². The summed E-state index contributed by atoms with van der Waals surface area (Å²) in [5.74, 6) is -0.902. The van der Waals surface area contributed by atoms with Gasteiger partial charge in [0, 0.05) is 26.0 Å². The molecule has 2 aromatic heterocycles. The summed E-state index contributed by atoms with van der Waals surface area (Å²) in [5, 5.41) is 33.9. The SMILES string of the molecule is Fc1cccc(-c2ccccc2)n1.Fc1cccc(Br)n1.OB(O)c1ccccc1.[Pd].c1ccc(P(c2ccccc2)c2ccccc2)cc1.c1ccc(P(c2ccccc2)c2ccccc2)cc1.c1ccc(P(c2ccccc2)c2ccccc2)cc1.c1ccc(P(c2ccccc2)c2ccccc2)cc1. The van der Waals surface area contributed by atoms with Crippen LogP contribution in [0, 0.1) is 11.9 Å². The number of nitrogens with zero attached hydrogens (tertiary/aromatic N) is 2. The summed E-state index contributed by atoms with van der Waals surface area (Å²) >= 11 is 3.01. The predicted octanol–water partition coefficient (Wildman–Crippen LogP) is 18.0. The Morgan fingerprint density at radius 3 is 0.551 bits per heavy atom. The Labute approximate surface area is 656 Å². The molecular weight excluding hydrogens is 1550 g/mol. The maximum absolute atomic E-state index is 12.7. The van der Waals surface area contributed by atoms with Crippen molar-refractivity contribution in [3.05, 3.63) is 478 Å². The van der Waals surface area contributed by atoms with E-state index in [1.54, 1.807) is 48.5 Å². The zero-order valence-corrected chi connectivity index (χ0v) is 65.2. The van der Waals surface area contributed by atoms with E-state index in [2.05, 4.69) is 390 Å². The number of pyridine rings is 2. The van der Waals surface area contributed by atoms with Crippen molar-refractivity contribution in [1.82, 2.24) is 9.97 Å². The zero-order valence-electron chi connectivity index (χ0n) is 58.5. The molecule has 0 bridgehead atoms. The van der Waals surface area contributed by atoms with Crippen LogP contribution in [0.15, 0.2) is 466 Å². The Morgan fingerprint density at radius 2 is 0.393 bits per heavy atom. The molecule has 0 aliphatic heterocycles. The molecular formula is C94H78BBrF2N2O2P4Pd. The molecule has 4 nitrogen and oxygen atoms in total. The molecule has 0 atom stereocenters. The first-order valence-corrected chi connectivity index (χ1v) is 40.6. The summed E-state index contributed by atoms with van der Waals surface area (Å²) < 4.78 is 25.3. The second kappa shape index (κ2) is 46.2. The van der Waals surface area contributed by atoms with E-state index in [1.807, 2.05) is 36.4 Å². The standard InChI is InChI=1S/4C18H15P.C11H8FN.C6H7BO2.C5H3BrFN.Pd/c4*1-4-10-16(11-5-1)19(17-12-6-2-7-13-17)18-14-8-3-9-15-18;12-11-8-4-7-10(13-11)9-5-2-1-3-6-9;8-7(9)6-4-2-1-3-5-6;6-4-2-1-3-5(7)8-4;/h4*1-15H;1-8H;1-5,8-9H;1-3H;. The van der Waals surface area contributed by atoms with Crippen molar-refractivity contribution in [2.24, 2.45) is 0 Å². The molecule has 0 saturated carbocycles. The van der Waals surface area contributed by atoms with Gasteiger partial charge in [-0.05, 0) is 141 Å². The third-order valence-electron chi connectivity index (χ3n) is 15.7. The smallest absolute Gasteiger partial charge is 0.423 e. The van der Waals surface area contributed by atoms with Crippen LogP contribution in [0.5, 0.6) is 0 Å². The molecule has 0 aliphatic carbocycles. The summed E-state index contributed by atoms with van der Waals surface area (Å²) in [6, 6.07) is 157. The van der Waals surface area contributed by atoms with Crippen LogP contribution < -0.4 is 69.1 Å². The normalized spacial score (nSPS) is 10.2. The Kier molecular flexibility index (Phi) is 35.1. The van der Waals surface area contributed by atoms with Crippen LogP contribution in [0.25, 0.3) is 11.3 Å². The molecule has 530 valence electrons. The summed E-state index contributed by atoms with van der Waals surface area (Å²) in [4.78, 5) is 7.20. The van der Waals surface area contributed by atoms with Crippen molar-refractivity contribution in [2.45, 2.75) is 0 Å². The molecule has 0 radical (unpaired) electrons. The van der Waals surface area contributed by atoms with E-state index in [-0.39, 0.29) is 20.4 Å². The van der Waals surface area contributed by atoms with Gasteiger partial charge in [0.1, 0.15) is 4.60 Å². The first-order chi connectivity index (χ1) is 52.3. The average Bonchev–Trinajstić information content (AvgIpc) is 0.834. The van der Waals surface area contributed by atoms with Crippen LogP contribution in [-0.2, 0) is 20.4 Å². The fraction of sp³-hybridized carbons (Fsp3) is 0. The molecule has 14 aromatic carbocycles. The van der Waals surface area contributed by atoms with E-state index in [1.165, 1.54) is 75.8 Å². The molecule has 2 N–H and O–H groups in total. The summed E-state index contributed by atoms with van der Waals surface area (Å²) in [6.07, 6.45) is 0. The molecule has 0 fully saturated rings. The first kappa shape index (κ1) is 81.2. The topological polar surface area (TPSA) is 66.2 Å². The van der Waals surface area contributed by atoms with Crippen molar-refractivity contribution in [1.29, 1.82) is 0 Å². The summed E-state index contributed by atoms with van der Waals surface area (Å²) in [5.41, 5.74) is 2.13. The number of benzene rings is 14. The molecule has 0 amide bonds. The van der Waals surface area contributed by atoms with Gasteiger partial charge in [0.2, 0.25) is 11.9 Å². The second-order valence-corrected chi connectivity index (χ2v) is 32.8. The quantitative estimate of drug-likeness (QED) is 0.0647. The Bertz CT molecular complexity index is 4140. The van der Waals surface area contributed by atoms with Crippen LogP contribution >= 0.6 is 47.6 Å². The maximum Gasteiger partial charge on any atom is 0.488 e. The van der Waals surface area contributed by atoms with Crippen LogP contribution in [0.1, 0.15) is 0 Å². The van der Waals surface area contributed by atoms with Crippen LogP contribution in [0.4, 0.5) is 8.78 Å². The third kappa shape index (κ3) is 26.8. The summed E-state index contributed by atoms with van der Waals surface area (Å²) in [6.45, 7) is 0. The minimum Gasteiger partial charge on any atom is -0.423 e. The van der Waals surface area contributed by atoms with Crippen molar-refractivity contribution in [3.63, 3.8) is 0 Å². The minimum absolute atomic E-state index is 0. The predicted molar refractivity (Wildman–Crippen MR) is 458 cm³/mol. The van der Waals surface area contributed by atoms with Crippen molar-refractivity contribution < 1.29 is 39.3 Å². The van der Waals surface area contributed by atoms with Gasteiger partial charge in [-0.25, -0.2) is 9.97 Å². The molecule has 16 aromatic rings. The van der Waals surface area contributed by atoms with Gasteiger partial charge >= 0.3 is 7.12 Å². The van der Waals surface area contributed by atoms with Crippen LogP contribution in [0.3, 0.4) is 0 Å². The molecule has 2 heterocycles. The Hall–Kier alpha value is -9.91. The zero-order chi connectivity index (χ0) is 73.4. The van der Waals surface area contributed by atoms with Gasteiger partial charge in [0.25, 0.3) is 0 Å². The number of halogens is 3. The molecule has 0 aliphatic rings. The molecule has 107 heavy (non-hydrogen) atoms. The monoisotopic (exact) mass is 1620 g/mol. The minimum atomic E-state index is -1.34. The Morgan fingerprint density at radius 1 is 0.215 bits per heavy atom. The maximum atomic E-state index is 12.7. The van der Waals surface area contributed by atoms with Gasteiger partial charge in [-0.1, -0.05) is 437 Å². The second-order valence-electron chi connectivity index (χ2n) is 23.1. The Balaban J connectivity index is 0.000000147. The molecule has 0 saturated heterocycles. The van der Waals surface area contributed by atoms with Crippen LogP contribution in [0.2, 0.25) is 0 Å². The molecule has 0 spiro atoms. The number of aromatic nitrogens is 2. The van der Waals surface area contributed by atoms with Gasteiger partial charge < -0.3 is 10.0 Å². The van der Waals surface area contributed by atoms with E-state index in [4.69, 9.17) is 10.0 Å². The van der Waals surface area contributed by atoms with Crippen molar-refractivity contribution >= 4 is 124 Å². The van der Waals surface area contributed by atoms with Gasteiger partial charge in [0.05, 0.1) is 5.69 Å². The number of rotatable bonds is 14.